The number of anilines is 1. The molecule has 2 amide bonds. The van der Waals surface area contributed by atoms with Crippen LogP contribution < -0.4 is 25.0 Å². The Morgan fingerprint density at radius 2 is 1.59 bits per heavy atom. The van der Waals surface area contributed by atoms with E-state index < -0.39 is 27.9 Å². The van der Waals surface area contributed by atoms with Crippen LogP contribution in [-0.4, -0.2) is 32.9 Å². The number of fused-ring (bicyclic) bond motifs is 1. The Balaban J connectivity index is 1.33. The van der Waals surface area contributed by atoms with Gasteiger partial charge in [0.25, 0.3) is 21.8 Å². The molecule has 0 aliphatic carbocycles. The first-order valence-electron chi connectivity index (χ1n) is 9.79. The van der Waals surface area contributed by atoms with Gasteiger partial charge in [-0.15, -0.1) is 0 Å². The molecule has 1 heterocycles. The average molecular weight is 522 g/mol. The second kappa shape index (κ2) is 9.80. The van der Waals surface area contributed by atoms with E-state index in [1.54, 1.807) is 24.3 Å². The van der Waals surface area contributed by atoms with Crippen LogP contribution in [0.2, 0.25) is 10.0 Å². The number of hydrazine groups is 1. The van der Waals surface area contributed by atoms with Gasteiger partial charge in [0.15, 0.2) is 11.5 Å². The Kier molecular flexibility index (Phi) is 6.82. The topological polar surface area (TPSA) is 123 Å². The largest absolute Gasteiger partial charge is 0.485 e. The Labute approximate surface area is 205 Å². The van der Waals surface area contributed by atoms with Gasteiger partial charge in [-0.2, -0.15) is 0 Å². The number of amides is 2. The predicted molar refractivity (Wildman–Crippen MR) is 126 cm³/mol. The Morgan fingerprint density at radius 1 is 0.882 bits per heavy atom. The Hall–Kier alpha value is -3.47. The van der Waals surface area contributed by atoms with Crippen molar-refractivity contribution in [3.05, 3.63) is 82.3 Å². The van der Waals surface area contributed by atoms with Crippen LogP contribution in [0.4, 0.5) is 5.69 Å². The summed E-state index contributed by atoms with van der Waals surface area (Å²) in [6, 6.07) is 16.5. The highest BCUT2D eigenvalue weighted by Gasteiger charge is 2.27. The molecule has 176 valence electrons. The Morgan fingerprint density at radius 3 is 2.29 bits per heavy atom. The van der Waals surface area contributed by atoms with E-state index in [2.05, 4.69) is 15.6 Å². The van der Waals surface area contributed by atoms with Crippen LogP contribution in [0.1, 0.15) is 10.4 Å². The van der Waals surface area contributed by atoms with Crippen molar-refractivity contribution in [2.24, 2.45) is 0 Å². The monoisotopic (exact) mass is 521 g/mol. The van der Waals surface area contributed by atoms with Crippen LogP contribution in [0, 0.1) is 0 Å². The zero-order valence-electron chi connectivity index (χ0n) is 17.2. The molecule has 0 radical (unpaired) electrons. The number of ether oxygens (including phenoxy) is 2. The number of halogens is 2. The summed E-state index contributed by atoms with van der Waals surface area (Å²) in [6.45, 7) is -0.00755. The number of carbonyl (C=O) groups is 2. The van der Waals surface area contributed by atoms with Gasteiger partial charge in [0.2, 0.25) is 6.10 Å². The molecule has 3 N–H and O–H groups in total. The quantitative estimate of drug-likeness (QED) is 0.442. The lowest BCUT2D eigenvalue weighted by Crippen LogP contribution is -2.50. The summed E-state index contributed by atoms with van der Waals surface area (Å²) in [5.41, 5.74) is 4.98. The van der Waals surface area contributed by atoms with Crippen LogP contribution in [0.5, 0.6) is 11.5 Å². The van der Waals surface area contributed by atoms with Gasteiger partial charge in [-0.05, 0) is 54.6 Å². The molecule has 4 rings (SSSR count). The highest BCUT2D eigenvalue weighted by Crippen LogP contribution is 2.31. The van der Waals surface area contributed by atoms with Gasteiger partial charge in [0.1, 0.15) is 6.61 Å². The van der Waals surface area contributed by atoms with Crippen LogP contribution >= 0.6 is 23.2 Å². The molecule has 9 nitrogen and oxygen atoms in total. The molecule has 0 unspecified atom stereocenters. The van der Waals surface area contributed by atoms with Crippen molar-refractivity contribution >= 4 is 50.7 Å². The van der Waals surface area contributed by atoms with Gasteiger partial charge in [0.05, 0.1) is 14.9 Å². The van der Waals surface area contributed by atoms with E-state index in [4.69, 9.17) is 32.7 Å². The van der Waals surface area contributed by atoms with E-state index in [-0.39, 0.29) is 32.8 Å². The molecule has 1 atom stereocenters. The highest BCUT2D eigenvalue weighted by molar-refractivity contribution is 7.92. The van der Waals surface area contributed by atoms with E-state index >= 15 is 0 Å². The first-order valence-corrected chi connectivity index (χ1v) is 12.0. The summed E-state index contributed by atoms with van der Waals surface area (Å²) in [7, 11) is -3.92. The van der Waals surface area contributed by atoms with Crippen molar-refractivity contribution in [2.75, 3.05) is 11.3 Å². The highest BCUT2D eigenvalue weighted by atomic mass is 35.5. The van der Waals surface area contributed by atoms with E-state index in [0.29, 0.717) is 11.5 Å². The molecule has 3 aromatic carbocycles. The van der Waals surface area contributed by atoms with Gasteiger partial charge in [0, 0.05) is 11.3 Å². The average Bonchev–Trinajstić information content (AvgIpc) is 2.83. The summed E-state index contributed by atoms with van der Waals surface area (Å²) in [6.07, 6.45) is -0.937. The first kappa shape index (κ1) is 23.7. The van der Waals surface area contributed by atoms with E-state index in [0.717, 1.165) is 0 Å². The van der Waals surface area contributed by atoms with Crippen molar-refractivity contribution < 1.29 is 27.5 Å². The summed E-state index contributed by atoms with van der Waals surface area (Å²) < 4.78 is 38.5. The van der Waals surface area contributed by atoms with Crippen molar-refractivity contribution in [3.63, 3.8) is 0 Å². The first-order chi connectivity index (χ1) is 16.2. The number of hydrogen-bond acceptors (Lipinski definition) is 6. The number of hydrogen-bond donors (Lipinski definition) is 3. The Bertz CT molecular complexity index is 1350. The van der Waals surface area contributed by atoms with Gasteiger partial charge in [-0.25, -0.2) is 8.42 Å². The SMILES string of the molecule is O=C(NNC(=O)[C@@H]1COc2ccccc2O1)c1ccc(NS(=O)(=O)c2ccc(Cl)c(Cl)c2)cc1. The minimum atomic E-state index is -3.92. The minimum absolute atomic E-state index is 0.00755. The third-order valence-corrected chi connectivity index (χ3v) is 6.82. The lowest BCUT2D eigenvalue weighted by Gasteiger charge is -2.25. The smallest absolute Gasteiger partial charge is 0.283 e. The number of sulfonamides is 1. The van der Waals surface area contributed by atoms with Crippen LogP contribution in [-0.2, 0) is 14.8 Å². The molecule has 1 aliphatic heterocycles. The van der Waals surface area contributed by atoms with Crippen molar-refractivity contribution in [2.45, 2.75) is 11.0 Å². The number of rotatable bonds is 5. The van der Waals surface area contributed by atoms with Crippen molar-refractivity contribution in [3.8, 4) is 11.5 Å². The molecule has 12 heteroatoms. The molecule has 0 bridgehead atoms. The molecule has 0 saturated heterocycles. The summed E-state index contributed by atoms with van der Waals surface area (Å²) in [5.74, 6) is -0.233. The molecule has 0 saturated carbocycles. The molecule has 0 spiro atoms. The molecule has 0 aromatic heterocycles. The van der Waals surface area contributed by atoms with E-state index in [1.807, 2.05) is 0 Å². The fourth-order valence-corrected chi connectivity index (χ4v) is 4.41. The zero-order chi connectivity index (χ0) is 24.3. The molecule has 3 aromatic rings. The second-order valence-corrected chi connectivity index (χ2v) is 9.56. The number of para-hydroxylation sites is 2. The fraction of sp³-hybridized carbons (Fsp3) is 0.0909. The van der Waals surface area contributed by atoms with Crippen LogP contribution in [0.3, 0.4) is 0 Å². The zero-order valence-corrected chi connectivity index (χ0v) is 19.6. The molecule has 0 fully saturated rings. The summed E-state index contributed by atoms with van der Waals surface area (Å²) >= 11 is 11.7. The minimum Gasteiger partial charge on any atom is -0.485 e. The van der Waals surface area contributed by atoms with E-state index in [9.17, 15) is 18.0 Å². The molecule has 34 heavy (non-hydrogen) atoms. The third kappa shape index (κ3) is 5.36. The van der Waals surface area contributed by atoms with Crippen molar-refractivity contribution in [1.82, 2.24) is 10.9 Å². The molecular weight excluding hydrogens is 505 g/mol. The van der Waals surface area contributed by atoms with Crippen molar-refractivity contribution in [1.29, 1.82) is 0 Å². The summed E-state index contributed by atoms with van der Waals surface area (Å²) in [5, 5.41) is 0.337. The standard InChI is InChI=1S/C22H17Cl2N3O6S/c23-16-10-9-15(11-17(16)24)34(30,31)27-14-7-5-13(6-8-14)21(28)25-26-22(29)20-12-32-18-3-1-2-4-19(18)33-20/h1-11,20,27H,12H2,(H,25,28)(H,26,29)/t20-/m0/s1. The lowest BCUT2D eigenvalue weighted by molar-refractivity contribution is -0.131. The van der Waals surface area contributed by atoms with Gasteiger partial charge >= 0.3 is 0 Å². The van der Waals surface area contributed by atoms with Gasteiger partial charge in [-0.1, -0.05) is 35.3 Å². The number of carbonyl (C=O) groups excluding carboxylic acids is 2. The normalized spacial score (nSPS) is 14.7. The predicted octanol–water partition coefficient (Wildman–Crippen LogP) is 3.40. The lowest BCUT2D eigenvalue weighted by atomic mass is 10.2. The van der Waals surface area contributed by atoms with E-state index in [1.165, 1.54) is 42.5 Å². The number of nitrogens with one attached hydrogen (secondary N) is 3. The third-order valence-electron chi connectivity index (χ3n) is 4.70. The summed E-state index contributed by atoms with van der Waals surface area (Å²) in [4.78, 5) is 24.6. The van der Waals surface area contributed by atoms with Gasteiger partial charge < -0.3 is 9.47 Å². The van der Waals surface area contributed by atoms with Crippen LogP contribution in [0.25, 0.3) is 0 Å². The maximum absolute atomic E-state index is 12.5. The molecule has 1 aliphatic rings. The molecular formula is C22H17Cl2N3O6S. The second-order valence-electron chi connectivity index (χ2n) is 7.07. The maximum atomic E-state index is 12.5. The maximum Gasteiger partial charge on any atom is 0.283 e. The van der Waals surface area contributed by atoms with Crippen LogP contribution in [0.15, 0.2) is 71.6 Å². The van der Waals surface area contributed by atoms with Gasteiger partial charge in [-0.3, -0.25) is 25.2 Å². The fourth-order valence-electron chi connectivity index (χ4n) is 2.97. The number of benzene rings is 3.